The summed E-state index contributed by atoms with van der Waals surface area (Å²) in [6, 6.07) is 8.13. The van der Waals surface area contributed by atoms with Crippen molar-refractivity contribution in [2.24, 2.45) is 0 Å². The molecule has 0 unspecified atom stereocenters. The maximum atomic E-state index is 12.8. The largest absolute Gasteiger partial charge is 0.493 e. The molecule has 1 fully saturated rings. The Bertz CT molecular complexity index is 1100. The molecule has 2 aromatic carbocycles. The first-order valence-corrected chi connectivity index (χ1v) is 10.7. The van der Waals surface area contributed by atoms with E-state index in [2.05, 4.69) is 10.3 Å². The molecule has 0 spiro atoms. The van der Waals surface area contributed by atoms with Crippen LogP contribution in [0.25, 0.3) is 10.2 Å². The van der Waals surface area contributed by atoms with Crippen LogP contribution < -0.4 is 19.7 Å². The van der Waals surface area contributed by atoms with E-state index >= 15 is 0 Å². The van der Waals surface area contributed by atoms with Crippen molar-refractivity contribution < 1.29 is 19.2 Å². The van der Waals surface area contributed by atoms with E-state index in [4.69, 9.17) is 9.47 Å². The summed E-state index contributed by atoms with van der Waals surface area (Å²) in [6.45, 7) is 1.57. The number of methoxy groups -OCH3 is 2. The van der Waals surface area contributed by atoms with E-state index in [-0.39, 0.29) is 11.3 Å². The van der Waals surface area contributed by atoms with Gasteiger partial charge >= 0.3 is 0 Å². The highest BCUT2D eigenvalue weighted by Gasteiger charge is 2.23. The van der Waals surface area contributed by atoms with Crippen LogP contribution in [0.5, 0.6) is 11.5 Å². The molecule has 0 radical (unpaired) electrons. The summed E-state index contributed by atoms with van der Waals surface area (Å²) in [5, 5.41) is 14.8. The third-order valence-electron chi connectivity index (χ3n) is 5.25. The van der Waals surface area contributed by atoms with Gasteiger partial charge in [0.15, 0.2) is 16.6 Å². The number of benzene rings is 2. The lowest BCUT2D eigenvalue weighted by atomic mass is 10.1. The van der Waals surface area contributed by atoms with Crippen molar-refractivity contribution in [2.45, 2.75) is 19.3 Å². The van der Waals surface area contributed by atoms with E-state index in [1.165, 1.54) is 17.4 Å². The Labute approximate surface area is 182 Å². The highest BCUT2D eigenvalue weighted by Crippen LogP contribution is 2.36. The molecule has 4 rings (SSSR count). The summed E-state index contributed by atoms with van der Waals surface area (Å²) in [6.07, 6.45) is 3.14. The van der Waals surface area contributed by atoms with Crippen molar-refractivity contribution in [3.63, 3.8) is 0 Å². The minimum absolute atomic E-state index is 0.0617. The van der Waals surface area contributed by atoms with Gasteiger partial charge in [-0.15, -0.1) is 0 Å². The highest BCUT2D eigenvalue weighted by molar-refractivity contribution is 7.22. The van der Waals surface area contributed by atoms with Gasteiger partial charge in [0, 0.05) is 36.9 Å². The molecule has 162 valence electrons. The molecule has 3 aromatic rings. The van der Waals surface area contributed by atoms with E-state index < -0.39 is 10.8 Å². The van der Waals surface area contributed by atoms with Crippen LogP contribution in [-0.2, 0) is 0 Å². The maximum absolute atomic E-state index is 12.8. The van der Waals surface area contributed by atoms with E-state index in [0.717, 1.165) is 37.1 Å². The van der Waals surface area contributed by atoms with Gasteiger partial charge in [-0.3, -0.25) is 20.2 Å². The number of aromatic nitrogens is 1. The predicted octanol–water partition coefficient (Wildman–Crippen LogP) is 4.46. The molecule has 0 aliphatic carbocycles. The number of hydrogen-bond donors (Lipinski definition) is 1. The van der Waals surface area contributed by atoms with Crippen molar-refractivity contribution in [2.75, 3.05) is 37.5 Å². The number of rotatable bonds is 6. The van der Waals surface area contributed by atoms with Crippen LogP contribution in [0.2, 0.25) is 0 Å². The predicted molar refractivity (Wildman–Crippen MR) is 120 cm³/mol. The van der Waals surface area contributed by atoms with E-state index in [9.17, 15) is 14.9 Å². The van der Waals surface area contributed by atoms with Crippen LogP contribution in [0.15, 0.2) is 30.3 Å². The van der Waals surface area contributed by atoms with Crippen LogP contribution in [0.3, 0.4) is 0 Å². The summed E-state index contributed by atoms with van der Waals surface area (Å²) in [5.41, 5.74) is 1.36. The molecular formula is C21H22N4O5S. The monoisotopic (exact) mass is 442 g/mol. The second-order valence-electron chi connectivity index (χ2n) is 7.16. The Hall–Kier alpha value is -3.40. The summed E-state index contributed by atoms with van der Waals surface area (Å²) >= 11 is 1.28. The van der Waals surface area contributed by atoms with Gasteiger partial charge in [0.1, 0.15) is 5.69 Å². The van der Waals surface area contributed by atoms with E-state index in [1.54, 1.807) is 38.5 Å². The van der Waals surface area contributed by atoms with Crippen molar-refractivity contribution in [1.29, 1.82) is 0 Å². The number of fused-ring (bicyclic) bond motifs is 1. The van der Waals surface area contributed by atoms with E-state index in [0.29, 0.717) is 27.8 Å². The summed E-state index contributed by atoms with van der Waals surface area (Å²) in [5.74, 6) is 0.661. The number of piperidine rings is 1. The Balaban J connectivity index is 1.59. The number of amides is 1. The zero-order valence-electron chi connectivity index (χ0n) is 17.2. The zero-order chi connectivity index (χ0) is 22.0. The molecule has 0 bridgehead atoms. The molecule has 1 saturated heterocycles. The number of nitrogens with zero attached hydrogens (tertiary/aromatic N) is 3. The normalized spacial score (nSPS) is 13.8. The summed E-state index contributed by atoms with van der Waals surface area (Å²) < 4.78 is 11.4. The molecule has 1 aliphatic heterocycles. The number of nitrogens with one attached hydrogen (secondary N) is 1. The summed E-state index contributed by atoms with van der Waals surface area (Å²) in [4.78, 5) is 30.4. The fourth-order valence-corrected chi connectivity index (χ4v) is 4.56. The molecular weight excluding hydrogens is 420 g/mol. The standard InChI is InChI=1S/C21H22N4O5S/c1-29-17-11-14-19(12-18(17)30-2)31-21(22-14)23-20(26)13-6-7-15(16(10-13)25(27)28)24-8-4-3-5-9-24/h6-7,10-12H,3-5,8-9H2,1-2H3,(H,22,23,26). The van der Waals surface area contributed by atoms with Crippen molar-refractivity contribution in [1.82, 2.24) is 4.98 Å². The first-order chi connectivity index (χ1) is 15.0. The lowest BCUT2D eigenvalue weighted by Gasteiger charge is -2.28. The minimum atomic E-state index is -0.453. The minimum Gasteiger partial charge on any atom is -0.493 e. The van der Waals surface area contributed by atoms with Gasteiger partial charge in [0.05, 0.1) is 29.4 Å². The molecule has 0 saturated carbocycles. The van der Waals surface area contributed by atoms with Crippen LogP contribution in [-0.4, -0.2) is 43.1 Å². The van der Waals surface area contributed by atoms with E-state index in [1.807, 2.05) is 4.90 Å². The van der Waals surface area contributed by atoms with Crippen LogP contribution in [0, 0.1) is 10.1 Å². The van der Waals surface area contributed by atoms with Crippen molar-refractivity contribution in [3.8, 4) is 11.5 Å². The van der Waals surface area contributed by atoms with Gasteiger partial charge < -0.3 is 14.4 Å². The van der Waals surface area contributed by atoms with Gasteiger partial charge in [-0.1, -0.05) is 11.3 Å². The second kappa shape index (κ2) is 8.76. The Morgan fingerprint density at radius 2 is 1.84 bits per heavy atom. The van der Waals surface area contributed by atoms with Gasteiger partial charge in [-0.2, -0.15) is 0 Å². The number of ether oxygens (including phenoxy) is 2. The van der Waals surface area contributed by atoms with Crippen LogP contribution in [0.4, 0.5) is 16.5 Å². The first-order valence-electron chi connectivity index (χ1n) is 9.87. The fourth-order valence-electron chi connectivity index (χ4n) is 3.69. The average molecular weight is 442 g/mol. The van der Waals surface area contributed by atoms with Crippen LogP contribution >= 0.6 is 11.3 Å². The first kappa shape index (κ1) is 20.9. The number of hydrogen-bond acceptors (Lipinski definition) is 8. The van der Waals surface area contributed by atoms with Gasteiger partial charge in [0.2, 0.25) is 0 Å². The van der Waals surface area contributed by atoms with Gasteiger partial charge in [0.25, 0.3) is 11.6 Å². The lowest BCUT2D eigenvalue weighted by Crippen LogP contribution is -2.30. The molecule has 1 N–H and O–H groups in total. The average Bonchev–Trinajstić information content (AvgIpc) is 3.19. The number of anilines is 2. The summed E-state index contributed by atoms with van der Waals surface area (Å²) in [7, 11) is 3.09. The number of nitro groups is 1. The topological polar surface area (TPSA) is 107 Å². The van der Waals surface area contributed by atoms with Crippen molar-refractivity contribution >= 4 is 44.0 Å². The molecule has 0 atom stereocenters. The zero-order valence-corrected chi connectivity index (χ0v) is 18.0. The molecule has 9 nitrogen and oxygen atoms in total. The number of nitro benzene ring substituents is 1. The Morgan fingerprint density at radius 1 is 1.13 bits per heavy atom. The SMILES string of the molecule is COc1cc2nc(NC(=O)c3ccc(N4CCCCC4)c([N+](=O)[O-])c3)sc2cc1OC. The molecule has 2 heterocycles. The van der Waals surface area contributed by atoms with Crippen molar-refractivity contribution in [3.05, 3.63) is 46.0 Å². The Morgan fingerprint density at radius 3 is 2.52 bits per heavy atom. The maximum Gasteiger partial charge on any atom is 0.293 e. The number of thiazole rings is 1. The quantitative estimate of drug-likeness (QED) is 0.443. The molecule has 10 heteroatoms. The second-order valence-corrected chi connectivity index (χ2v) is 8.19. The molecule has 1 amide bonds. The third-order valence-corrected chi connectivity index (χ3v) is 6.18. The lowest BCUT2D eigenvalue weighted by molar-refractivity contribution is -0.384. The smallest absolute Gasteiger partial charge is 0.293 e. The van der Waals surface area contributed by atoms with Gasteiger partial charge in [-0.05, 0) is 31.4 Å². The molecule has 31 heavy (non-hydrogen) atoms. The number of carbonyl (C=O) groups is 1. The molecule has 1 aromatic heterocycles. The van der Waals surface area contributed by atoms with Crippen LogP contribution in [0.1, 0.15) is 29.6 Å². The third kappa shape index (κ3) is 4.24. The Kier molecular flexibility index (Phi) is 5.90. The van der Waals surface area contributed by atoms with Gasteiger partial charge in [-0.25, -0.2) is 4.98 Å². The fraction of sp³-hybridized carbons (Fsp3) is 0.333. The number of carbonyl (C=O) groups excluding carboxylic acids is 1. The molecule has 1 aliphatic rings. The highest BCUT2D eigenvalue weighted by atomic mass is 32.1.